The van der Waals surface area contributed by atoms with Gasteiger partial charge in [-0.05, 0) is 38.1 Å². The second kappa shape index (κ2) is 9.08. The van der Waals surface area contributed by atoms with Crippen LogP contribution in [0.15, 0.2) is 47.9 Å². The molecule has 1 aliphatic rings. The molecule has 172 valence electrons. The van der Waals surface area contributed by atoms with E-state index in [1.54, 1.807) is 12.4 Å². The molecule has 3 aromatic rings. The summed E-state index contributed by atoms with van der Waals surface area (Å²) < 4.78 is 29.5. The zero-order valence-corrected chi connectivity index (χ0v) is 19.0. The van der Waals surface area contributed by atoms with Crippen molar-refractivity contribution in [3.63, 3.8) is 0 Å². The Kier molecular flexibility index (Phi) is 6.20. The van der Waals surface area contributed by atoms with Gasteiger partial charge in [-0.2, -0.15) is 0 Å². The standard InChI is InChI=1S/C21H23N7O4S/c1-14-15(2)27(13-25-14)19-11-18(23-12-24-19)22-9-10-26-33(31,32)17-5-3-16(4-6-17)28-20(29)7-8-21(28)30/h3-6,11-13,26H,7-10H2,1-2H3,(H,22,23,24). The molecule has 0 radical (unpaired) electrons. The van der Waals surface area contributed by atoms with Crippen LogP contribution in [-0.4, -0.2) is 52.8 Å². The predicted molar refractivity (Wildman–Crippen MR) is 120 cm³/mol. The fraction of sp³-hybridized carbons (Fsp3) is 0.286. The molecule has 3 heterocycles. The molecular weight excluding hydrogens is 446 g/mol. The van der Waals surface area contributed by atoms with E-state index in [9.17, 15) is 18.0 Å². The van der Waals surface area contributed by atoms with Crippen LogP contribution in [0.3, 0.4) is 0 Å². The molecule has 0 unspecified atom stereocenters. The van der Waals surface area contributed by atoms with E-state index in [4.69, 9.17) is 0 Å². The van der Waals surface area contributed by atoms with Gasteiger partial charge in [0.15, 0.2) is 0 Å². The summed E-state index contributed by atoms with van der Waals surface area (Å²) in [4.78, 5) is 37.5. The Labute approximate surface area is 190 Å². The molecule has 4 rings (SSSR count). The first kappa shape index (κ1) is 22.6. The van der Waals surface area contributed by atoms with Crippen LogP contribution >= 0.6 is 0 Å². The highest BCUT2D eigenvalue weighted by molar-refractivity contribution is 7.89. The third kappa shape index (κ3) is 4.76. The number of rotatable bonds is 8. The molecule has 0 atom stereocenters. The van der Waals surface area contributed by atoms with E-state index >= 15 is 0 Å². The van der Waals surface area contributed by atoms with Crippen LogP contribution in [0, 0.1) is 13.8 Å². The lowest BCUT2D eigenvalue weighted by molar-refractivity contribution is -0.121. The minimum atomic E-state index is -3.76. The average Bonchev–Trinajstić information content (AvgIpc) is 3.32. The number of hydrogen-bond acceptors (Lipinski definition) is 8. The molecule has 1 saturated heterocycles. The van der Waals surface area contributed by atoms with Crippen molar-refractivity contribution < 1.29 is 18.0 Å². The number of imide groups is 1. The van der Waals surface area contributed by atoms with Gasteiger partial charge in [-0.25, -0.2) is 28.1 Å². The van der Waals surface area contributed by atoms with Gasteiger partial charge in [0, 0.05) is 37.7 Å². The van der Waals surface area contributed by atoms with E-state index in [1.807, 2.05) is 18.4 Å². The topological polar surface area (TPSA) is 139 Å². The lowest BCUT2D eigenvalue weighted by Gasteiger charge is -2.14. The normalized spacial score (nSPS) is 14.2. The Morgan fingerprint density at radius 1 is 0.970 bits per heavy atom. The highest BCUT2D eigenvalue weighted by Gasteiger charge is 2.30. The molecule has 1 fully saturated rings. The number of aromatic nitrogens is 4. The van der Waals surface area contributed by atoms with Crippen LogP contribution < -0.4 is 14.9 Å². The van der Waals surface area contributed by atoms with E-state index < -0.39 is 10.0 Å². The fourth-order valence-electron chi connectivity index (χ4n) is 3.40. The van der Waals surface area contributed by atoms with Crippen molar-refractivity contribution in [1.82, 2.24) is 24.2 Å². The fourth-order valence-corrected chi connectivity index (χ4v) is 4.44. The second-order valence-corrected chi connectivity index (χ2v) is 9.26. The maximum atomic E-state index is 12.6. The number of nitrogens with one attached hydrogen (secondary N) is 2. The Bertz CT molecular complexity index is 1290. The van der Waals surface area contributed by atoms with Crippen LogP contribution in [0.1, 0.15) is 24.2 Å². The smallest absolute Gasteiger partial charge is 0.240 e. The van der Waals surface area contributed by atoms with E-state index in [0.29, 0.717) is 23.9 Å². The highest BCUT2D eigenvalue weighted by Crippen LogP contribution is 2.24. The number of hydrogen-bond donors (Lipinski definition) is 2. The Balaban J connectivity index is 1.34. The van der Waals surface area contributed by atoms with Crippen molar-refractivity contribution in [2.75, 3.05) is 23.3 Å². The van der Waals surface area contributed by atoms with Gasteiger partial charge in [-0.1, -0.05) is 0 Å². The van der Waals surface area contributed by atoms with E-state index in [-0.39, 0.29) is 36.1 Å². The predicted octanol–water partition coefficient (Wildman–Crippen LogP) is 1.32. The maximum Gasteiger partial charge on any atom is 0.240 e. The summed E-state index contributed by atoms with van der Waals surface area (Å²) in [7, 11) is -3.76. The lowest BCUT2D eigenvalue weighted by atomic mass is 10.3. The van der Waals surface area contributed by atoms with Gasteiger partial charge >= 0.3 is 0 Å². The number of amides is 2. The summed E-state index contributed by atoms with van der Waals surface area (Å²) in [6, 6.07) is 7.40. The first-order valence-electron chi connectivity index (χ1n) is 10.3. The molecule has 2 N–H and O–H groups in total. The van der Waals surface area contributed by atoms with E-state index in [0.717, 1.165) is 16.3 Å². The first-order valence-corrected chi connectivity index (χ1v) is 11.8. The van der Waals surface area contributed by atoms with Crippen molar-refractivity contribution in [3.05, 3.63) is 54.4 Å². The van der Waals surface area contributed by atoms with Crippen LogP contribution in [0.5, 0.6) is 0 Å². The van der Waals surface area contributed by atoms with Gasteiger partial charge in [0.25, 0.3) is 0 Å². The number of anilines is 2. The molecule has 2 aromatic heterocycles. The molecule has 2 amide bonds. The minimum absolute atomic E-state index is 0.0422. The van der Waals surface area contributed by atoms with E-state index in [2.05, 4.69) is 25.0 Å². The summed E-state index contributed by atoms with van der Waals surface area (Å²) in [5.41, 5.74) is 2.24. The minimum Gasteiger partial charge on any atom is -0.369 e. The third-order valence-electron chi connectivity index (χ3n) is 5.33. The molecular formula is C21H23N7O4S. The molecule has 0 aliphatic carbocycles. The number of aryl methyl sites for hydroxylation is 1. The van der Waals surface area contributed by atoms with Crippen molar-refractivity contribution in [3.8, 4) is 5.82 Å². The van der Waals surface area contributed by atoms with Crippen molar-refractivity contribution in [2.24, 2.45) is 0 Å². The molecule has 33 heavy (non-hydrogen) atoms. The SMILES string of the molecule is Cc1ncn(-c2cc(NCCNS(=O)(=O)c3ccc(N4C(=O)CCC4=O)cc3)ncn2)c1C. The number of carbonyl (C=O) groups is 2. The van der Waals surface area contributed by atoms with Crippen molar-refractivity contribution in [2.45, 2.75) is 31.6 Å². The zero-order chi connectivity index (χ0) is 23.6. The van der Waals surface area contributed by atoms with Gasteiger partial charge < -0.3 is 5.32 Å². The molecule has 11 nitrogen and oxygen atoms in total. The number of carbonyl (C=O) groups excluding carboxylic acids is 2. The van der Waals surface area contributed by atoms with Crippen LogP contribution in [0.2, 0.25) is 0 Å². The first-order chi connectivity index (χ1) is 15.8. The zero-order valence-electron chi connectivity index (χ0n) is 18.1. The van der Waals surface area contributed by atoms with Crippen molar-refractivity contribution in [1.29, 1.82) is 0 Å². The monoisotopic (exact) mass is 469 g/mol. The molecule has 1 aliphatic heterocycles. The summed E-state index contributed by atoms with van der Waals surface area (Å²) in [5.74, 6) is 0.632. The summed E-state index contributed by atoms with van der Waals surface area (Å²) in [5, 5.41) is 3.07. The summed E-state index contributed by atoms with van der Waals surface area (Å²) >= 11 is 0. The molecule has 0 spiro atoms. The Morgan fingerprint density at radius 2 is 1.67 bits per heavy atom. The molecule has 0 bridgehead atoms. The number of benzene rings is 1. The van der Waals surface area contributed by atoms with E-state index in [1.165, 1.54) is 30.6 Å². The quantitative estimate of drug-likeness (QED) is 0.372. The second-order valence-electron chi connectivity index (χ2n) is 7.49. The van der Waals surface area contributed by atoms with Crippen molar-refractivity contribution >= 4 is 33.3 Å². The van der Waals surface area contributed by atoms with Crippen LogP contribution in [0.4, 0.5) is 11.5 Å². The van der Waals surface area contributed by atoms with Gasteiger partial charge in [0.2, 0.25) is 21.8 Å². The summed E-state index contributed by atoms with van der Waals surface area (Å²) in [6.45, 7) is 4.28. The van der Waals surface area contributed by atoms with Gasteiger partial charge in [0.05, 0.1) is 16.3 Å². The van der Waals surface area contributed by atoms with Gasteiger partial charge in [-0.15, -0.1) is 0 Å². The Morgan fingerprint density at radius 3 is 2.30 bits per heavy atom. The lowest BCUT2D eigenvalue weighted by Crippen LogP contribution is -2.30. The third-order valence-corrected chi connectivity index (χ3v) is 6.81. The molecule has 0 saturated carbocycles. The number of nitrogens with zero attached hydrogens (tertiary/aromatic N) is 5. The van der Waals surface area contributed by atoms with Gasteiger partial charge in [0.1, 0.15) is 24.3 Å². The van der Waals surface area contributed by atoms with Gasteiger partial charge in [-0.3, -0.25) is 19.1 Å². The summed E-state index contributed by atoms with van der Waals surface area (Å²) in [6.07, 6.45) is 3.45. The Hall–Kier alpha value is -3.64. The van der Waals surface area contributed by atoms with Crippen LogP contribution in [0.25, 0.3) is 5.82 Å². The van der Waals surface area contributed by atoms with Crippen LogP contribution in [-0.2, 0) is 19.6 Å². The number of imidazole rings is 1. The molecule has 12 heteroatoms. The largest absolute Gasteiger partial charge is 0.369 e. The highest BCUT2D eigenvalue weighted by atomic mass is 32.2. The maximum absolute atomic E-state index is 12.6. The average molecular weight is 470 g/mol. The molecule has 1 aromatic carbocycles. The number of sulfonamides is 1.